The fourth-order valence-electron chi connectivity index (χ4n) is 2.50. The third-order valence-corrected chi connectivity index (χ3v) is 3.38. The first-order chi connectivity index (χ1) is 9.89. The van der Waals surface area contributed by atoms with E-state index in [-0.39, 0.29) is 18.2 Å². The number of hydrogen-bond donors (Lipinski definition) is 2. The number of ether oxygens (including phenoxy) is 2. The summed E-state index contributed by atoms with van der Waals surface area (Å²) in [7, 11) is 1.65. The Hall–Kier alpha value is -1.75. The van der Waals surface area contributed by atoms with Crippen LogP contribution < -0.4 is 15.4 Å². The summed E-state index contributed by atoms with van der Waals surface area (Å²) in [6.07, 6.45) is 0.505. The average molecular weight is 292 g/mol. The van der Waals surface area contributed by atoms with Gasteiger partial charge in [-0.1, -0.05) is 12.1 Å². The number of alkyl carbamates (subject to hydrolysis) is 1. The number of carbonyl (C=O) groups excluding carboxylic acids is 1. The smallest absolute Gasteiger partial charge is 0.407 e. The third-order valence-electron chi connectivity index (χ3n) is 3.38. The van der Waals surface area contributed by atoms with E-state index in [1.165, 1.54) is 0 Å². The molecule has 0 bridgehead atoms. The molecule has 1 heterocycles. The van der Waals surface area contributed by atoms with E-state index in [2.05, 4.69) is 10.6 Å². The van der Waals surface area contributed by atoms with Crippen LogP contribution in [0, 0.1) is 0 Å². The van der Waals surface area contributed by atoms with Crippen LogP contribution in [0.3, 0.4) is 0 Å². The molecule has 1 fully saturated rings. The molecule has 1 saturated heterocycles. The van der Waals surface area contributed by atoms with Crippen LogP contribution in [-0.2, 0) is 4.74 Å². The highest BCUT2D eigenvalue weighted by atomic mass is 16.6. The standard InChI is InChI=1S/C16H24N2O3/c1-16(2,3)21-15(19)18-13-8-9-17-14(13)11-6-5-7-12(10-11)20-4/h5-7,10,13-14,17H,8-9H2,1-4H3,(H,18,19). The largest absolute Gasteiger partial charge is 0.497 e. The van der Waals surface area contributed by atoms with E-state index >= 15 is 0 Å². The van der Waals surface area contributed by atoms with Crippen molar-refractivity contribution < 1.29 is 14.3 Å². The van der Waals surface area contributed by atoms with E-state index < -0.39 is 5.60 Å². The normalized spacial score (nSPS) is 21.9. The van der Waals surface area contributed by atoms with Crippen LogP contribution in [0.15, 0.2) is 24.3 Å². The Labute approximate surface area is 126 Å². The molecule has 0 aromatic heterocycles. The average Bonchev–Trinajstić information content (AvgIpc) is 2.84. The lowest BCUT2D eigenvalue weighted by molar-refractivity contribution is 0.0500. The van der Waals surface area contributed by atoms with Gasteiger partial charge in [-0.3, -0.25) is 0 Å². The molecule has 2 rings (SSSR count). The summed E-state index contributed by atoms with van der Waals surface area (Å²) >= 11 is 0. The molecule has 0 saturated carbocycles. The van der Waals surface area contributed by atoms with Crippen molar-refractivity contribution in [3.63, 3.8) is 0 Å². The molecule has 116 valence electrons. The minimum absolute atomic E-state index is 0.0203. The van der Waals surface area contributed by atoms with Gasteiger partial charge >= 0.3 is 6.09 Å². The highest BCUT2D eigenvalue weighted by Gasteiger charge is 2.31. The first kappa shape index (κ1) is 15.6. The van der Waals surface area contributed by atoms with Gasteiger partial charge in [-0.25, -0.2) is 4.79 Å². The zero-order valence-electron chi connectivity index (χ0n) is 13.1. The van der Waals surface area contributed by atoms with Crippen LogP contribution in [0.25, 0.3) is 0 Å². The van der Waals surface area contributed by atoms with Gasteiger partial charge in [-0.05, 0) is 51.4 Å². The molecule has 21 heavy (non-hydrogen) atoms. The monoisotopic (exact) mass is 292 g/mol. The summed E-state index contributed by atoms with van der Waals surface area (Å²) in [6.45, 7) is 6.44. The molecule has 1 aliphatic heterocycles. The maximum Gasteiger partial charge on any atom is 0.407 e. The summed E-state index contributed by atoms with van der Waals surface area (Å²) in [5.41, 5.74) is 0.620. The van der Waals surface area contributed by atoms with Crippen LogP contribution in [0.2, 0.25) is 0 Å². The Bertz CT molecular complexity index is 497. The summed E-state index contributed by atoms with van der Waals surface area (Å²) in [6, 6.07) is 8.00. The lowest BCUT2D eigenvalue weighted by atomic mass is 10.0. The van der Waals surface area contributed by atoms with Crippen LogP contribution in [-0.4, -0.2) is 31.4 Å². The highest BCUT2D eigenvalue weighted by Crippen LogP contribution is 2.26. The minimum Gasteiger partial charge on any atom is -0.497 e. The topological polar surface area (TPSA) is 59.6 Å². The molecule has 1 aliphatic rings. The quantitative estimate of drug-likeness (QED) is 0.899. The van der Waals surface area contributed by atoms with Crippen molar-refractivity contribution in [1.82, 2.24) is 10.6 Å². The fourth-order valence-corrected chi connectivity index (χ4v) is 2.50. The molecule has 2 atom stereocenters. The van der Waals surface area contributed by atoms with Gasteiger partial charge in [0.05, 0.1) is 19.2 Å². The molecule has 2 N–H and O–H groups in total. The van der Waals surface area contributed by atoms with Crippen LogP contribution in [0.4, 0.5) is 4.79 Å². The Kier molecular flexibility index (Phi) is 4.73. The lowest BCUT2D eigenvalue weighted by Gasteiger charge is -2.25. The SMILES string of the molecule is COc1cccc(C2NCCC2NC(=O)OC(C)(C)C)c1. The van der Waals surface area contributed by atoms with Crippen LogP contribution >= 0.6 is 0 Å². The second kappa shape index (κ2) is 6.35. The van der Waals surface area contributed by atoms with E-state index in [0.717, 1.165) is 24.3 Å². The zero-order chi connectivity index (χ0) is 15.5. The fraction of sp³-hybridized carbons (Fsp3) is 0.562. The third kappa shape index (κ3) is 4.36. The Morgan fingerprint density at radius 3 is 2.81 bits per heavy atom. The van der Waals surface area contributed by atoms with Crippen molar-refractivity contribution in [2.75, 3.05) is 13.7 Å². The highest BCUT2D eigenvalue weighted by molar-refractivity contribution is 5.68. The lowest BCUT2D eigenvalue weighted by Crippen LogP contribution is -2.41. The van der Waals surface area contributed by atoms with E-state index in [0.29, 0.717) is 0 Å². The maximum atomic E-state index is 11.9. The van der Waals surface area contributed by atoms with Crippen molar-refractivity contribution in [1.29, 1.82) is 0 Å². The molecular weight excluding hydrogens is 268 g/mol. The first-order valence-electron chi connectivity index (χ1n) is 7.26. The number of amides is 1. The van der Waals surface area contributed by atoms with Gasteiger partial charge in [0, 0.05) is 0 Å². The van der Waals surface area contributed by atoms with Gasteiger partial charge in [-0.15, -0.1) is 0 Å². The number of methoxy groups -OCH3 is 1. The molecular formula is C16H24N2O3. The molecule has 1 aromatic carbocycles. The van der Waals surface area contributed by atoms with Crippen molar-refractivity contribution in [2.45, 2.75) is 44.9 Å². The summed E-state index contributed by atoms with van der Waals surface area (Å²) in [5.74, 6) is 0.817. The molecule has 2 unspecified atom stereocenters. The predicted octanol–water partition coefficient (Wildman–Crippen LogP) is 2.62. The number of rotatable bonds is 3. The van der Waals surface area contributed by atoms with Crippen molar-refractivity contribution in [2.24, 2.45) is 0 Å². The predicted molar refractivity (Wildman–Crippen MR) is 81.5 cm³/mol. The number of benzene rings is 1. The number of carbonyl (C=O) groups is 1. The Morgan fingerprint density at radius 1 is 1.38 bits per heavy atom. The van der Waals surface area contributed by atoms with E-state index in [9.17, 15) is 4.79 Å². The minimum atomic E-state index is -0.485. The summed E-state index contributed by atoms with van der Waals surface area (Å²) in [5, 5.41) is 6.37. The van der Waals surface area contributed by atoms with E-state index in [1.54, 1.807) is 7.11 Å². The molecule has 0 radical (unpaired) electrons. The molecule has 5 heteroatoms. The van der Waals surface area contributed by atoms with Gasteiger partial charge < -0.3 is 20.1 Å². The molecule has 1 amide bonds. The number of nitrogens with one attached hydrogen (secondary N) is 2. The Morgan fingerprint density at radius 2 is 2.14 bits per heavy atom. The second-order valence-corrected chi connectivity index (χ2v) is 6.25. The molecule has 0 spiro atoms. The summed E-state index contributed by atoms with van der Waals surface area (Å²) in [4.78, 5) is 11.9. The van der Waals surface area contributed by atoms with Crippen molar-refractivity contribution in [3.05, 3.63) is 29.8 Å². The van der Waals surface area contributed by atoms with Gasteiger partial charge in [0.15, 0.2) is 0 Å². The van der Waals surface area contributed by atoms with Gasteiger partial charge in [0.2, 0.25) is 0 Å². The van der Waals surface area contributed by atoms with E-state index in [4.69, 9.17) is 9.47 Å². The van der Waals surface area contributed by atoms with E-state index in [1.807, 2.05) is 45.0 Å². The van der Waals surface area contributed by atoms with Crippen LogP contribution in [0.5, 0.6) is 5.75 Å². The van der Waals surface area contributed by atoms with Crippen molar-refractivity contribution >= 4 is 6.09 Å². The zero-order valence-corrected chi connectivity index (χ0v) is 13.1. The van der Waals surface area contributed by atoms with Crippen LogP contribution in [0.1, 0.15) is 38.8 Å². The summed E-state index contributed by atoms with van der Waals surface area (Å²) < 4.78 is 10.6. The number of hydrogen-bond acceptors (Lipinski definition) is 4. The molecule has 0 aliphatic carbocycles. The van der Waals surface area contributed by atoms with Gasteiger partial charge in [0.1, 0.15) is 11.4 Å². The second-order valence-electron chi connectivity index (χ2n) is 6.25. The van der Waals surface area contributed by atoms with Gasteiger partial charge in [-0.2, -0.15) is 0 Å². The van der Waals surface area contributed by atoms with Gasteiger partial charge in [0.25, 0.3) is 0 Å². The maximum absolute atomic E-state index is 11.9. The van der Waals surface area contributed by atoms with Crippen molar-refractivity contribution in [3.8, 4) is 5.75 Å². The molecule has 1 aromatic rings. The first-order valence-corrected chi connectivity index (χ1v) is 7.26. The Balaban J connectivity index is 2.04. The molecule has 5 nitrogen and oxygen atoms in total.